The zero-order chi connectivity index (χ0) is 18.7. The Labute approximate surface area is 150 Å². The molecule has 1 aliphatic heterocycles. The Bertz CT molecular complexity index is 838. The normalized spacial score (nSPS) is 13.5. The minimum atomic E-state index is -0.808. The average Bonchev–Trinajstić information content (AvgIpc) is 3.18. The van der Waals surface area contributed by atoms with Crippen LogP contribution in [0.4, 0.5) is 4.79 Å². The summed E-state index contributed by atoms with van der Waals surface area (Å²) in [6.07, 6.45) is 0.156. The van der Waals surface area contributed by atoms with Gasteiger partial charge in [0.2, 0.25) is 6.79 Å². The molecule has 1 atom stereocenters. The van der Waals surface area contributed by atoms with Crippen LogP contribution in [-0.2, 0) is 17.8 Å². The van der Waals surface area contributed by atoms with E-state index in [4.69, 9.17) is 23.0 Å². The summed E-state index contributed by atoms with van der Waals surface area (Å²) in [4.78, 5) is 25.0. The third-order valence-electron chi connectivity index (χ3n) is 4.24. The molecule has 8 heteroatoms. The van der Waals surface area contributed by atoms with Crippen LogP contribution < -0.4 is 15.3 Å². The molecule has 2 aromatic rings. The maximum atomic E-state index is 12.4. The lowest BCUT2D eigenvalue weighted by atomic mass is 10.1. The molecule has 140 valence electrons. The topological polar surface area (TPSA) is 91.4 Å². The summed E-state index contributed by atoms with van der Waals surface area (Å²) in [5.41, 5.74) is 1.03. The summed E-state index contributed by atoms with van der Waals surface area (Å²) in [5, 5.41) is 0. The smallest absolute Gasteiger partial charge is 0.454 e. The minimum absolute atomic E-state index is 0.0923. The van der Waals surface area contributed by atoms with Gasteiger partial charge in [-0.25, -0.2) is 9.59 Å². The number of benzene rings is 1. The summed E-state index contributed by atoms with van der Waals surface area (Å²) in [5.74, 6) is 1.15. The standard InChI is InChI=1S/C18H21NO7/c1-4-19(17(20)22-9-16-12(3)25-18(21)26-16)11(2)7-13-5-6-14-15(8-13)24-10-23-14/h5-6,8,11H,4,7,9-10H2,1-3H3. The summed E-state index contributed by atoms with van der Waals surface area (Å²) >= 11 is 0. The van der Waals surface area contributed by atoms with Crippen molar-refractivity contribution in [2.24, 2.45) is 0 Å². The molecule has 1 aliphatic rings. The number of nitrogens with zero attached hydrogens (tertiary/aromatic N) is 1. The number of rotatable bonds is 6. The second-order valence-corrected chi connectivity index (χ2v) is 6.01. The van der Waals surface area contributed by atoms with Crippen LogP contribution in [0.3, 0.4) is 0 Å². The van der Waals surface area contributed by atoms with E-state index in [0.717, 1.165) is 11.3 Å². The predicted octanol–water partition coefficient (Wildman–Crippen LogP) is 2.86. The first-order valence-electron chi connectivity index (χ1n) is 8.39. The van der Waals surface area contributed by atoms with Gasteiger partial charge in [-0.05, 0) is 44.9 Å². The Kier molecular flexibility index (Phi) is 5.20. The number of hydrogen-bond acceptors (Lipinski definition) is 7. The molecule has 3 rings (SSSR count). The Morgan fingerprint density at radius 3 is 2.73 bits per heavy atom. The van der Waals surface area contributed by atoms with Crippen molar-refractivity contribution in [3.63, 3.8) is 0 Å². The van der Waals surface area contributed by atoms with E-state index in [1.807, 2.05) is 32.0 Å². The van der Waals surface area contributed by atoms with Gasteiger partial charge >= 0.3 is 11.9 Å². The van der Waals surface area contributed by atoms with E-state index in [2.05, 4.69) is 0 Å². The number of aryl methyl sites for hydroxylation is 1. The van der Waals surface area contributed by atoms with Gasteiger partial charge in [0.1, 0.15) is 0 Å². The molecular formula is C18H21NO7. The number of hydrogen-bond donors (Lipinski definition) is 0. The first-order chi connectivity index (χ1) is 12.5. The average molecular weight is 363 g/mol. The highest BCUT2D eigenvalue weighted by Crippen LogP contribution is 2.33. The van der Waals surface area contributed by atoms with E-state index in [1.54, 1.807) is 11.8 Å². The molecule has 8 nitrogen and oxygen atoms in total. The molecule has 0 spiro atoms. The maximum absolute atomic E-state index is 12.4. The van der Waals surface area contributed by atoms with Crippen LogP contribution in [0.15, 0.2) is 31.8 Å². The molecule has 1 amide bonds. The third-order valence-corrected chi connectivity index (χ3v) is 4.24. The van der Waals surface area contributed by atoms with Crippen molar-refractivity contribution in [1.82, 2.24) is 4.90 Å². The van der Waals surface area contributed by atoms with Crippen molar-refractivity contribution in [3.8, 4) is 11.5 Å². The minimum Gasteiger partial charge on any atom is -0.454 e. The largest absolute Gasteiger partial charge is 0.519 e. The van der Waals surface area contributed by atoms with Crippen molar-refractivity contribution in [2.75, 3.05) is 13.3 Å². The summed E-state index contributed by atoms with van der Waals surface area (Å²) in [7, 11) is 0. The fraction of sp³-hybridized carbons (Fsp3) is 0.444. The molecular weight excluding hydrogens is 342 g/mol. The van der Waals surface area contributed by atoms with Gasteiger partial charge in [-0.1, -0.05) is 6.07 Å². The number of carbonyl (C=O) groups excluding carboxylic acids is 1. The molecule has 26 heavy (non-hydrogen) atoms. The zero-order valence-electron chi connectivity index (χ0n) is 14.9. The number of likely N-dealkylation sites (N-methyl/N-ethyl adjacent to an activating group) is 1. The van der Waals surface area contributed by atoms with E-state index >= 15 is 0 Å². The molecule has 0 fully saturated rings. The lowest BCUT2D eigenvalue weighted by molar-refractivity contribution is 0.0791. The van der Waals surface area contributed by atoms with Crippen molar-refractivity contribution in [3.05, 3.63) is 45.9 Å². The fourth-order valence-electron chi connectivity index (χ4n) is 2.86. The molecule has 1 unspecified atom stereocenters. The molecule has 0 saturated carbocycles. The molecule has 0 bridgehead atoms. The van der Waals surface area contributed by atoms with E-state index in [-0.39, 0.29) is 25.2 Å². The van der Waals surface area contributed by atoms with Gasteiger partial charge in [0.15, 0.2) is 29.6 Å². The number of amides is 1. The highest BCUT2D eigenvalue weighted by molar-refractivity contribution is 5.68. The molecule has 0 aliphatic carbocycles. The first kappa shape index (κ1) is 17.9. The van der Waals surface area contributed by atoms with E-state index in [0.29, 0.717) is 24.5 Å². The van der Waals surface area contributed by atoms with Gasteiger partial charge in [-0.15, -0.1) is 0 Å². The predicted molar refractivity (Wildman–Crippen MR) is 90.3 cm³/mol. The highest BCUT2D eigenvalue weighted by atomic mass is 16.7. The molecule has 0 radical (unpaired) electrons. The van der Waals surface area contributed by atoms with Crippen molar-refractivity contribution in [1.29, 1.82) is 0 Å². The number of fused-ring (bicyclic) bond motifs is 1. The monoisotopic (exact) mass is 363 g/mol. The van der Waals surface area contributed by atoms with E-state index in [1.165, 1.54) is 0 Å². The van der Waals surface area contributed by atoms with Crippen molar-refractivity contribution in [2.45, 2.75) is 39.8 Å². The maximum Gasteiger partial charge on any atom is 0.519 e. The van der Waals surface area contributed by atoms with Crippen molar-refractivity contribution < 1.29 is 27.8 Å². The lowest BCUT2D eigenvalue weighted by Crippen LogP contribution is -2.40. The summed E-state index contributed by atoms with van der Waals surface area (Å²) < 4.78 is 25.5. The SMILES string of the molecule is CCN(C(=O)OCc1oc(=O)oc1C)C(C)Cc1ccc2c(c1)OCO2. The zero-order valence-corrected chi connectivity index (χ0v) is 14.9. The van der Waals surface area contributed by atoms with Crippen LogP contribution in [0.5, 0.6) is 11.5 Å². The second kappa shape index (κ2) is 7.55. The van der Waals surface area contributed by atoms with Gasteiger partial charge in [-0.2, -0.15) is 0 Å². The Balaban J connectivity index is 1.60. The fourth-order valence-corrected chi connectivity index (χ4v) is 2.86. The highest BCUT2D eigenvalue weighted by Gasteiger charge is 2.22. The number of carbonyl (C=O) groups is 1. The van der Waals surface area contributed by atoms with Gasteiger partial charge in [0.05, 0.1) is 0 Å². The van der Waals surface area contributed by atoms with Crippen LogP contribution in [0.25, 0.3) is 0 Å². The van der Waals surface area contributed by atoms with Crippen molar-refractivity contribution >= 4 is 6.09 Å². The summed E-state index contributed by atoms with van der Waals surface area (Å²) in [6.45, 7) is 5.96. The molecule has 2 heterocycles. The summed E-state index contributed by atoms with van der Waals surface area (Å²) in [6, 6.07) is 5.64. The Morgan fingerprint density at radius 2 is 2.04 bits per heavy atom. The molecule has 0 N–H and O–H groups in total. The molecule has 1 aromatic heterocycles. The van der Waals surface area contributed by atoms with E-state index < -0.39 is 11.9 Å². The second-order valence-electron chi connectivity index (χ2n) is 6.01. The Hall–Kier alpha value is -2.90. The van der Waals surface area contributed by atoms with Crippen LogP contribution in [0.1, 0.15) is 30.9 Å². The van der Waals surface area contributed by atoms with E-state index in [9.17, 15) is 9.59 Å². The lowest BCUT2D eigenvalue weighted by Gasteiger charge is -2.27. The van der Waals surface area contributed by atoms with Crippen LogP contribution in [0.2, 0.25) is 0 Å². The number of ether oxygens (including phenoxy) is 3. The first-order valence-corrected chi connectivity index (χ1v) is 8.39. The van der Waals surface area contributed by atoms with Crippen LogP contribution in [0, 0.1) is 6.92 Å². The van der Waals surface area contributed by atoms with Crippen LogP contribution >= 0.6 is 0 Å². The van der Waals surface area contributed by atoms with Gasteiger partial charge in [0, 0.05) is 12.6 Å². The van der Waals surface area contributed by atoms with Crippen LogP contribution in [-0.4, -0.2) is 30.4 Å². The van der Waals surface area contributed by atoms with Gasteiger partial charge in [0.25, 0.3) is 0 Å². The van der Waals surface area contributed by atoms with Gasteiger partial charge in [-0.3, -0.25) is 0 Å². The quantitative estimate of drug-likeness (QED) is 0.779. The third kappa shape index (κ3) is 3.84. The van der Waals surface area contributed by atoms with Gasteiger partial charge < -0.3 is 27.9 Å². The Morgan fingerprint density at radius 1 is 1.27 bits per heavy atom. The molecule has 1 aromatic carbocycles. The molecule has 0 saturated heterocycles.